The molecule has 0 radical (unpaired) electrons. The summed E-state index contributed by atoms with van der Waals surface area (Å²) in [6, 6.07) is 69.8. The van der Waals surface area contributed by atoms with Gasteiger partial charge in [-0.3, -0.25) is 0 Å². The summed E-state index contributed by atoms with van der Waals surface area (Å²) >= 11 is 0. The van der Waals surface area contributed by atoms with Crippen molar-refractivity contribution >= 4 is 49.6 Å². The fourth-order valence-electron chi connectivity index (χ4n) is 7.10. The molecule has 0 aliphatic rings. The Labute approximate surface area is 280 Å². The van der Waals surface area contributed by atoms with E-state index in [-0.39, 0.29) is 0 Å². The van der Waals surface area contributed by atoms with Gasteiger partial charge in [0, 0.05) is 33.2 Å². The van der Waals surface area contributed by atoms with Gasteiger partial charge in [-0.2, -0.15) is 0 Å². The van der Waals surface area contributed by atoms with Crippen molar-refractivity contribution in [1.82, 2.24) is 4.57 Å². The van der Waals surface area contributed by atoms with Crippen LogP contribution in [0.1, 0.15) is 0 Å². The maximum absolute atomic E-state index is 2.36. The maximum Gasteiger partial charge on any atom is 0.0541 e. The Morgan fingerprint density at radius 1 is 0.333 bits per heavy atom. The molecule has 8 aromatic carbocycles. The molecule has 0 aliphatic carbocycles. The second-order valence-corrected chi connectivity index (χ2v) is 12.2. The van der Waals surface area contributed by atoms with E-state index in [0.717, 1.165) is 17.1 Å². The van der Waals surface area contributed by atoms with Gasteiger partial charge in [0.2, 0.25) is 0 Å². The molecule has 226 valence electrons. The lowest BCUT2D eigenvalue weighted by molar-refractivity contribution is 1.18. The molecular weight excluding hydrogens is 581 g/mol. The first kappa shape index (κ1) is 27.9. The fraction of sp³-hybridized carbons (Fsp3) is 0. The highest BCUT2D eigenvalue weighted by molar-refractivity contribution is 6.10. The van der Waals surface area contributed by atoms with Crippen LogP contribution in [0, 0.1) is 0 Å². The smallest absolute Gasteiger partial charge is 0.0541 e. The average Bonchev–Trinajstić information content (AvgIpc) is 3.50. The van der Waals surface area contributed by atoms with Gasteiger partial charge in [0.15, 0.2) is 0 Å². The summed E-state index contributed by atoms with van der Waals surface area (Å²) in [5, 5.41) is 4.98. The number of para-hydroxylation sites is 3. The highest BCUT2D eigenvalue weighted by atomic mass is 15.1. The highest BCUT2D eigenvalue weighted by Gasteiger charge is 2.16. The monoisotopic (exact) mass is 612 g/mol. The first-order chi connectivity index (χ1) is 23.8. The van der Waals surface area contributed by atoms with E-state index in [0.29, 0.717) is 0 Å². The van der Waals surface area contributed by atoms with Gasteiger partial charge in [0.25, 0.3) is 0 Å². The largest absolute Gasteiger partial charge is 0.310 e. The van der Waals surface area contributed by atoms with Crippen molar-refractivity contribution in [3.8, 4) is 27.9 Å². The minimum absolute atomic E-state index is 1.12. The predicted molar refractivity (Wildman–Crippen MR) is 204 cm³/mol. The zero-order valence-electron chi connectivity index (χ0n) is 26.4. The SMILES string of the molecule is c1ccc(N(c2ccc(-c3cccc(-c4ccc5c(c4)c4ccccc4n5-c4ccccc4)c3)cc2)c2cccc3ccccc23)cc1. The van der Waals surface area contributed by atoms with E-state index in [9.17, 15) is 0 Å². The van der Waals surface area contributed by atoms with Crippen molar-refractivity contribution in [2.45, 2.75) is 0 Å². The van der Waals surface area contributed by atoms with E-state index in [2.05, 4.69) is 204 Å². The number of anilines is 3. The zero-order chi connectivity index (χ0) is 31.9. The summed E-state index contributed by atoms with van der Waals surface area (Å²) in [5.74, 6) is 0. The number of fused-ring (bicyclic) bond motifs is 4. The molecule has 0 bridgehead atoms. The lowest BCUT2D eigenvalue weighted by Gasteiger charge is -2.27. The summed E-state index contributed by atoms with van der Waals surface area (Å²) in [6.45, 7) is 0. The Morgan fingerprint density at radius 2 is 0.896 bits per heavy atom. The van der Waals surface area contributed by atoms with Gasteiger partial charge >= 0.3 is 0 Å². The van der Waals surface area contributed by atoms with Crippen LogP contribution >= 0.6 is 0 Å². The molecule has 48 heavy (non-hydrogen) atoms. The van der Waals surface area contributed by atoms with Crippen molar-refractivity contribution in [1.29, 1.82) is 0 Å². The summed E-state index contributed by atoms with van der Waals surface area (Å²) in [5.41, 5.74) is 11.8. The molecule has 1 aromatic heterocycles. The Hall–Kier alpha value is -6.38. The van der Waals surface area contributed by atoms with E-state index >= 15 is 0 Å². The van der Waals surface area contributed by atoms with E-state index in [1.165, 1.54) is 60.5 Å². The van der Waals surface area contributed by atoms with E-state index in [1.54, 1.807) is 0 Å². The third kappa shape index (κ3) is 4.83. The molecule has 1 heterocycles. The molecule has 9 rings (SSSR count). The molecule has 2 heteroatoms. The zero-order valence-corrected chi connectivity index (χ0v) is 26.4. The molecule has 0 saturated heterocycles. The van der Waals surface area contributed by atoms with Crippen molar-refractivity contribution in [3.63, 3.8) is 0 Å². The van der Waals surface area contributed by atoms with E-state index in [4.69, 9.17) is 0 Å². The van der Waals surface area contributed by atoms with Crippen LogP contribution in [0.15, 0.2) is 194 Å². The van der Waals surface area contributed by atoms with Crippen LogP contribution in [0.4, 0.5) is 17.1 Å². The number of benzene rings is 8. The van der Waals surface area contributed by atoms with Crippen molar-refractivity contribution in [2.24, 2.45) is 0 Å². The third-order valence-corrected chi connectivity index (χ3v) is 9.36. The lowest BCUT2D eigenvalue weighted by Crippen LogP contribution is -2.10. The van der Waals surface area contributed by atoms with E-state index < -0.39 is 0 Å². The molecule has 0 spiro atoms. The fourth-order valence-corrected chi connectivity index (χ4v) is 7.10. The normalized spacial score (nSPS) is 11.3. The molecular formula is C46H32N2. The van der Waals surface area contributed by atoms with Crippen molar-refractivity contribution < 1.29 is 0 Å². The minimum Gasteiger partial charge on any atom is -0.310 e. The van der Waals surface area contributed by atoms with Crippen LogP contribution < -0.4 is 4.90 Å². The van der Waals surface area contributed by atoms with Gasteiger partial charge in [-0.05, 0) is 94.4 Å². The molecule has 0 fully saturated rings. The van der Waals surface area contributed by atoms with Gasteiger partial charge in [-0.1, -0.05) is 127 Å². The molecule has 0 saturated carbocycles. The molecule has 2 nitrogen and oxygen atoms in total. The van der Waals surface area contributed by atoms with Gasteiger partial charge in [0.1, 0.15) is 0 Å². The lowest BCUT2D eigenvalue weighted by atomic mass is 9.97. The maximum atomic E-state index is 2.36. The van der Waals surface area contributed by atoms with Gasteiger partial charge in [-0.25, -0.2) is 0 Å². The van der Waals surface area contributed by atoms with Crippen molar-refractivity contribution in [3.05, 3.63) is 194 Å². The van der Waals surface area contributed by atoms with Crippen LogP contribution in [0.2, 0.25) is 0 Å². The first-order valence-electron chi connectivity index (χ1n) is 16.4. The summed E-state index contributed by atoms with van der Waals surface area (Å²) in [6.07, 6.45) is 0. The van der Waals surface area contributed by atoms with Crippen LogP contribution in [0.25, 0.3) is 60.5 Å². The third-order valence-electron chi connectivity index (χ3n) is 9.36. The molecule has 0 unspecified atom stereocenters. The minimum atomic E-state index is 1.12. The Bertz CT molecular complexity index is 2540. The Kier molecular flexibility index (Phi) is 6.84. The molecule has 0 amide bonds. The second kappa shape index (κ2) is 11.8. The number of rotatable bonds is 6. The summed E-state index contributed by atoms with van der Waals surface area (Å²) < 4.78 is 2.36. The second-order valence-electron chi connectivity index (χ2n) is 12.2. The highest BCUT2D eigenvalue weighted by Crippen LogP contribution is 2.40. The Morgan fingerprint density at radius 3 is 1.71 bits per heavy atom. The van der Waals surface area contributed by atoms with Crippen molar-refractivity contribution in [2.75, 3.05) is 4.90 Å². The molecule has 9 aromatic rings. The Balaban J connectivity index is 1.10. The van der Waals surface area contributed by atoms with Gasteiger partial charge in [0.05, 0.1) is 16.7 Å². The molecule has 0 N–H and O–H groups in total. The van der Waals surface area contributed by atoms with Crippen LogP contribution in [-0.4, -0.2) is 4.57 Å². The molecule has 0 aliphatic heterocycles. The summed E-state index contributed by atoms with van der Waals surface area (Å²) in [4.78, 5) is 2.35. The number of hydrogen-bond acceptors (Lipinski definition) is 1. The standard InChI is InChI=1S/C46H32N2/c1-3-17-38(18-4-1)47(44-24-12-14-34-13-7-8-21-41(34)44)40-28-25-33(26-29-40)35-15-11-16-36(31-35)37-27-30-46-43(32-37)42-22-9-10-23-45(42)48(46)39-19-5-2-6-20-39/h1-32H. The number of hydrogen-bond donors (Lipinski definition) is 0. The van der Waals surface area contributed by atoms with Crippen LogP contribution in [0.5, 0.6) is 0 Å². The van der Waals surface area contributed by atoms with Gasteiger partial charge in [-0.15, -0.1) is 0 Å². The quantitative estimate of drug-likeness (QED) is 0.181. The van der Waals surface area contributed by atoms with E-state index in [1.807, 2.05) is 0 Å². The summed E-state index contributed by atoms with van der Waals surface area (Å²) in [7, 11) is 0. The average molecular weight is 613 g/mol. The predicted octanol–water partition coefficient (Wildman–Crippen LogP) is 12.7. The van der Waals surface area contributed by atoms with Crippen LogP contribution in [0.3, 0.4) is 0 Å². The first-order valence-corrected chi connectivity index (χ1v) is 16.4. The topological polar surface area (TPSA) is 8.17 Å². The molecule has 0 atom stereocenters. The van der Waals surface area contributed by atoms with Gasteiger partial charge < -0.3 is 9.47 Å². The number of aromatic nitrogens is 1. The van der Waals surface area contributed by atoms with Crippen LogP contribution in [-0.2, 0) is 0 Å². The number of nitrogens with zero attached hydrogens (tertiary/aromatic N) is 2.